The van der Waals surface area contributed by atoms with Crippen molar-refractivity contribution in [3.63, 3.8) is 0 Å². The van der Waals surface area contributed by atoms with Crippen LogP contribution in [0.1, 0.15) is 12.0 Å². The summed E-state index contributed by atoms with van der Waals surface area (Å²) < 4.78 is 0. The van der Waals surface area contributed by atoms with Gasteiger partial charge in [0, 0.05) is 22.8 Å². The molecule has 0 heterocycles. The van der Waals surface area contributed by atoms with E-state index in [-0.39, 0.29) is 11.7 Å². The molecule has 4 nitrogen and oxygen atoms in total. The summed E-state index contributed by atoms with van der Waals surface area (Å²) >= 11 is 1.52. The second-order valence-electron chi connectivity index (χ2n) is 4.33. The van der Waals surface area contributed by atoms with E-state index < -0.39 is 0 Å². The number of rotatable bonds is 5. The third-order valence-electron chi connectivity index (χ3n) is 2.71. The lowest BCUT2D eigenvalue weighted by Gasteiger charge is -2.05. The van der Waals surface area contributed by atoms with E-state index >= 15 is 0 Å². The van der Waals surface area contributed by atoms with Crippen molar-refractivity contribution in [1.29, 1.82) is 5.26 Å². The van der Waals surface area contributed by atoms with E-state index in [1.54, 1.807) is 42.5 Å². The molecule has 1 amide bonds. The van der Waals surface area contributed by atoms with Crippen LogP contribution in [0.5, 0.6) is 5.75 Å². The van der Waals surface area contributed by atoms with Crippen LogP contribution < -0.4 is 5.32 Å². The lowest BCUT2D eigenvalue weighted by Crippen LogP contribution is -2.12. The van der Waals surface area contributed by atoms with Gasteiger partial charge in [-0.15, -0.1) is 11.8 Å². The smallest absolute Gasteiger partial charge is 0.225 e. The van der Waals surface area contributed by atoms with Gasteiger partial charge >= 0.3 is 0 Å². The van der Waals surface area contributed by atoms with Gasteiger partial charge in [-0.1, -0.05) is 6.07 Å². The highest BCUT2D eigenvalue weighted by Gasteiger charge is 2.03. The number of thioether (sulfide) groups is 1. The third-order valence-corrected chi connectivity index (χ3v) is 3.71. The summed E-state index contributed by atoms with van der Waals surface area (Å²) in [6, 6.07) is 15.7. The van der Waals surface area contributed by atoms with Crippen LogP contribution >= 0.6 is 11.8 Å². The van der Waals surface area contributed by atoms with Crippen LogP contribution in [-0.2, 0) is 4.79 Å². The van der Waals surface area contributed by atoms with Gasteiger partial charge in [-0.25, -0.2) is 0 Å². The Labute approximate surface area is 127 Å². The van der Waals surface area contributed by atoms with Gasteiger partial charge in [0.05, 0.1) is 11.6 Å². The zero-order valence-electron chi connectivity index (χ0n) is 11.2. The zero-order valence-corrected chi connectivity index (χ0v) is 12.1. The largest absolute Gasteiger partial charge is 0.508 e. The minimum Gasteiger partial charge on any atom is -0.508 e. The number of phenolic OH excluding ortho intramolecular Hbond substituents is 1. The Hall–Kier alpha value is -2.45. The van der Waals surface area contributed by atoms with E-state index in [0.717, 1.165) is 4.90 Å². The van der Waals surface area contributed by atoms with Gasteiger partial charge in [0.25, 0.3) is 0 Å². The number of hydrogen-bond donors (Lipinski definition) is 2. The molecule has 0 atom stereocenters. The molecule has 0 fully saturated rings. The first-order valence-corrected chi connectivity index (χ1v) is 7.38. The Balaban J connectivity index is 1.78. The predicted molar refractivity (Wildman–Crippen MR) is 83.2 cm³/mol. The van der Waals surface area contributed by atoms with Gasteiger partial charge in [-0.3, -0.25) is 4.79 Å². The first kappa shape index (κ1) is 14.9. The Morgan fingerprint density at radius 2 is 2.00 bits per heavy atom. The third kappa shape index (κ3) is 4.86. The summed E-state index contributed by atoms with van der Waals surface area (Å²) in [6.45, 7) is 0. The quantitative estimate of drug-likeness (QED) is 0.830. The van der Waals surface area contributed by atoms with Crippen LogP contribution in [0.3, 0.4) is 0 Å². The maximum atomic E-state index is 11.8. The Kier molecular flexibility index (Phi) is 5.24. The van der Waals surface area contributed by atoms with E-state index in [1.807, 2.05) is 12.1 Å². The highest BCUT2D eigenvalue weighted by Crippen LogP contribution is 2.22. The SMILES string of the molecule is N#Cc1ccc(NC(=O)CCSc2cccc(O)c2)cc1. The van der Waals surface area contributed by atoms with Gasteiger partial charge in [0.1, 0.15) is 5.75 Å². The van der Waals surface area contributed by atoms with Gasteiger partial charge < -0.3 is 10.4 Å². The standard InChI is InChI=1S/C16H14N2O2S/c17-11-12-4-6-13(7-5-12)18-16(20)8-9-21-15-3-1-2-14(19)10-15/h1-7,10,19H,8-9H2,(H,18,20). The van der Waals surface area contributed by atoms with Gasteiger partial charge in [0.2, 0.25) is 5.91 Å². The normalized spacial score (nSPS) is 9.86. The van der Waals surface area contributed by atoms with Crippen molar-refractivity contribution in [2.75, 3.05) is 11.1 Å². The molecule has 0 saturated carbocycles. The second-order valence-corrected chi connectivity index (χ2v) is 5.50. The monoisotopic (exact) mass is 298 g/mol. The molecule has 0 bridgehead atoms. The topological polar surface area (TPSA) is 73.1 Å². The van der Waals surface area contributed by atoms with Crippen LogP contribution in [-0.4, -0.2) is 16.8 Å². The number of carbonyl (C=O) groups is 1. The number of nitrogens with zero attached hydrogens (tertiary/aromatic N) is 1. The Morgan fingerprint density at radius 1 is 1.24 bits per heavy atom. The van der Waals surface area contributed by atoms with Crippen molar-refractivity contribution in [2.24, 2.45) is 0 Å². The number of carbonyl (C=O) groups excluding carboxylic acids is 1. The Bertz CT molecular complexity index is 663. The average Bonchev–Trinajstić information content (AvgIpc) is 2.48. The fraction of sp³-hybridized carbons (Fsp3) is 0.125. The van der Waals surface area contributed by atoms with E-state index in [4.69, 9.17) is 5.26 Å². The average molecular weight is 298 g/mol. The molecular weight excluding hydrogens is 284 g/mol. The van der Waals surface area contributed by atoms with Gasteiger partial charge in [0.15, 0.2) is 0 Å². The van der Waals surface area contributed by atoms with E-state index in [1.165, 1.54) is 11.8 Å². The number of nitriles is 1. The van der Waals surface area contributed by atoms with E-state index in [2.05, 4.69) is 5.32 Å². The highest BCUT2D eigenvalue weighted by molar-refractivity contribution is 7.99. The van der Waals surface area contributed by atoms with Crippen molar-refractivity contribution in [3.05, 3.63) is 54.1 Å². The summed E-state index contributed by atoms with van der Waals surface area (Å²) in [5.74, 6) is 0.778. The molecule has 0 aromatic heterocycles. The molecule has 2 rings (SSSR count). The molecule has 0 radical (unpaired) electrons. The number of benzene rings is 2. The van der Waals surface area contributed by atoms with Crippen LogP contribution in [0, 0.1) is 11.3 Å². The lowest BCUT2D eigenvalue weighted by molar-refractivity contribution is -0.115. The summed E-state index contributed by atoms with van der Waals surface area (Å²) in [6.07, 6.45) is 0.375. The summed E-state index contributed by atoms with van der Waals surface area (Å²) in [7, 11) is 0. The van der Waals surface area contributed by atoms with Crippen LogP contribution in [0.25, 0.3) is 0 Å². The molecule has 0 saturated heterocycles. The number of anilines is 1. The predicted octanol–water partition coefficient (Wildman–Crippen LogP) is 3.38. The van der Waals surface area contributed by atoms with Crippen molar-refractivity contribution in [2.45, 2.75) is 11.3 Å². The first-order valence-electron chi connectivity index (χ1n) is 6.39. The van der Waals surface area contributed by atoms with E-state index in [0.29, 0.717) is 23.4 Å². The molecule has 5 heteroatoms. The number of hydrogen-bond acceptors (Lipinski definition) is 4. The summed E-state index contributed by atoms with van der Waals surface area (Å²) in [5, 5.41) is 20.8. The zero-order chi connectivity index (χ0) is 15.1. The van der Waals surface area contributed by atoms with E-state index in [9.17, 15) is 9.90 Å². The van der Waals surface area contributed by atoms with Crippen LogP contribution in [0.15, 0.2) is 53.4 Å². The number of nitrogens with one attached hydrogen (secondary N) is 1. The summed E-state index contributed by atoms with van der Waals surface area (Å²) in [5.41, 5.74) is 1.24. The molecule has 0 aliphatic carbocycles. The second kappa shape index (κ2) is 7.36. The first-order chi connectivity index (χ1) is 10.2. The number of aromatic hydroxyl groups is 1. The number of amides is 1. The van der Waals surface area contributed by atoms with Crippen molar-refractivity contribution in [1.82, 2.24) is 0 Å². The molecule has 106 valence electrons. The van der Waals surface area contributed by atoms with Crippen LogP contribution in [0.2, 0.25) is 0 Å². The highest BCUT2D eigenvalue weighted by atomic mass is 32.2. The van der Waals surface area contributed by atoms with Gasteiger partial charge in [-0.05, 0) is 42.5 Å². The minimum absolute atomic E-state index is 0.0765. The number of phenols is 1. The molecule has 21 heavy (non-hydrogen) atoms. The molecule has 0 unspecified atom stereocenters. The van der Waals surface area contributed by atoms with Crippen molar-refractivity contribution in [3.8, 4) is 11.8 Å². The Morgan fingerprint density at radius 3 is 2.67 bits per heavy atom. The molecule has 2 aromatic rings. The molecular formula is C16H14N2O2S. The van der Waals surface area contributed by atoms with Gasteiger partial charge in [-0.2, -0.15) is 5.26 Å². The molecule has 2 N–H and O–H groups in total. The van der Waals surface area contributed by atoms with Crippen LogP contribution in [0.4, 0.5) is 5.69 Å². The summed E-state index contributed by atoms with van der Waals surface area (Å²) in [4.78, 5) is 12.7. The minimum atomic E-state index is -0.0765. The molecule has 0 aliphatic heterocycles. The maximum absolute atomic E-state index is 11.8. The molecule has 2 aromatic carbocycles. The maximum Gasteiger partial charge on any atom is 0.225 e. The van der Waals surface area contributed by atoms with Crippen molar-refractivity contribution < 1.29 is 9.90 Å². The fourth-order valence-electron chi connectivity index (χ4n) is 1.69. The molecule has 0 spiro atoms. The fourth-order valence-corrected chi connectivity index (χ4v) is 2.59. The molecule has 0 aliphatic rings. The van der Waals surface area contributed by atoms with Crippen molar-refractivity contribution >= 4 is 23.4 Å². The lowest BCUT2D eigenvalue weighted by atomic mass is 10.2.